The first-order valence-electron chi connectivity index (χ1n) is 6.81. The number of rotatable bonds is 2. The number of ether oxygens (including phenoxy) is 1. The molecule has 8 heteroatoms. The number of hydrogen-bond donors (Lipinski definition) is 0. The van der Waals surface area contributed by atoms with Crippen LogP contribution < -0.4 is 0 Å². The molecule has 1 aliphatic heterocycles. The highest BCUT2D eigenvalue weighted by atomic mass is 19.4. The molecule has 1 heterocycles. The third-order valence-corrected chi connectivity index (χ3v) is 3.66. The van der Waals surface area contributed by atoms with Crippen LogP contribution in [0.25, 0.3) is 0 Å². The number of piperidine rings is 1. The third-order valence-electron chi connectivity index (χ3n) is 3.66. The van der Waals surface area contributed by atoms with Gasteiger partial charge in [-0.3, -0.25) is 14.4 Å². The van der Waals surface area contributed by atoms with E-state index in [1.54, 1.807) is 0 Å². The zero-order valence-electron chi connectivity index (χ0n) is 12.2. The minimum absolute atomic E-state index is 0.0304. The fourth-order valence-corrected chi connectivity index (χ4v) is 2.45. The highest BCUT2D eigenvalue weighted by molar-refractivity contribution is 6.02. The van der Waals surface area contributed by atoms with Crippen LogP contribution in [0.5, 0.6) is 0 Å². The standard InChI is InChI=1S/C15H14F3NO4/c1-23-14(22)10-8-19(7-6-12(10)20)13(21)9-4-2-3-5-11(9)15(16,17)18/h2-5,10H,6-8H2,1H3. The van der Waals surface area contributed by atoms with Crippen LogP contribution in [-0.2, 0) is 20.5 Å². The maximum absolute atomic E-state index is 13.0. The number of ketones is 1. The van der Waals surface area contributed by atoms with Gasteiger partial charge in [0.25, 0.3) is 5.91 Å². The van der Waals surface area contributed by atoms with E-state index in [1.807, 2.05) is 0 Å². The summed E-state index contributed by atoms with van der Waals surface area (Å²) in [7, 11) is 1.11. The second-order valence-electron chi connectivity index (χ2n) is 5.09. The minimum atomic E-state index is -4.67. The van der Waals surface area contributed by atoms with Gasteiger partial charge in [-0.25, -0.2) is 0 Å². The van der Waals surface area contributed by atoms with Crippen LogP contribution in [0.1, 0.15) is 22.3 Å². The average Bonchev–Trinajstić information content (AvgIpc) is 2.53. The molecule has 1 atom stereocenters. The smallest absolute Gasteiger partial charge is 0.417 e. The first kappa shape index (κ1) is 17.0. The fourth-order valence-electron chi connectivity index (χ4n) is 2.45. The summed E-state index contributed by atoms with van der Waals surface area (Å²) >= 11 is 0. The second-order valence-corrected chi connectivity index (χ2v) is 5.09. The van der Waals surface area contributed by atoms with Gasteiger partial charge in [-0.05, 0) is 12.1 Å². The molecule has 0 bridgehead atoms. The quantitative estimate of drug-likeness (QED) is 0.614. The Morgan fingerprint density at radius 3 is 2.52 bits per heavy atom. The summed E-state index contributed by atoms with van der Waals surface area (Å²) in [4.78, 5) is 36.7. The van der Waals surface area contributed by atoms with Crippen molar-refractivity contribution in [3.05, 3.63) is 35.4 Å². The van der Waals surface area contributed by atoms with Crippen LogP contribution in [0.4, 0.5) is 13.2 Å². The largest absolute Gasteiger partial charge is 0.468 e. The van der Waals surface area contributed by atoms with Gasteiger partial charge in [0.1, 0.15) is 5.92 Å². The lowest BCUT2D eigenvalue weighted by molar-refractivity contribution is -0.151. The van der Waals surface area contributed by atoms with E-state index in [1.165, 1.54) is 12.1 Å². The van der Waals surface area contributed by atoms with Gasteiger partial charge in [0.15, 0.2) is 5.78 Å². The van der Waals surface area contributed by atoms with Gasteiger partial charge in [0, 0.05) is 19.5 Å². The molecule has 1 aliphatic rings. The van der Waals surface area contributed by atoms with Crippen LogP contribution in [0.15, 0.2) is 24.3 Å². The molecule has 0 radical (unpaired) electrons. The van der Waals surface area contributed by atoms with Gasteiger partial charge in [-0.1, -0.05) is 12.1 Å². The maximum Gasteiger partial charge on any atom is 0.417 e. The van der Waals surface area contributed by atoms with Gasteiger partial charge < -0.3 is 9.64 Å². The number of carbonyl (C=O) groups excluding carboxylic acids is 3. The van der Waals surface area contributed by atoms with E-state index >= 15 is 0 Å². The molecular weight excluding hydrogens is 315 g/mol. The summed E-state index contributed by atoms with van der Waals surface area (Å²) in [5, 5.41) is 0. The van der Waals surface area contributed by atoms with E-state index in [9.17, 15) is 27.6 Å². The van der Waals surface area contributed by atoms with Gasteiger partial charge in [0.2, 0.25) is 0 Å². The van der Waals surface area contributed by atoms with E-state index in [2.05, 4.69) is 4.74 Å². The van der Waals surface area contributed by atoms with Crippen molar-refractivity contribution in [2.75, 3.05) is 20.2 Å². The molecular formula is C15H14F3NO4. The van der Waals surface area contributed by atoms with E-state index in [4.69, 9.17) is 0 Å². The molecule has 1 fully saturated rings. The molecule has 1 aromatic rings. The molecule has 1 unspecified atom stereocenters. The topological polar surface area (TPSA) is 63.7 Å². The van der Waals surface area contributed by atoms with Crippen LogP contribution in [-0.4, -0.2) is 42.8 Å². The Bertz CT molecular complexity index is 634. The molecule has 1 saturated heterocycles. The molecule has 0 saturated carbocycles. The Hall–Kier alpha value is -2.38. The molecule has 23 heavy (non-hydrogen) atoms. The molecule has 5 nitrogen and oxygen atoms in total. The third kappa shape index (κ3) is 3.52. The van der Waals surface area contributed by atoms with Crippen LogP contribution in [0, 0.1) is 5.92 Å². The lowest BCUT2D eigenvalue weighted by atomic mass is 9.95. The molecule has 1 amide bonds. The molecule has 2 rings (SSSR count). The van der Waals surface area contributed by atoms with Gasteiger partial charge in [-0.15, -0.1) is 0 Å². The summed E-state index contributed by atoms with van der Waals surface area (Å²) in [6.07, 6.45) is -4.76. The number of esters is 1. The summed E-state index contributed by atoms with van der Waals surface area (Å²) in [5.41, 5.74) is -1.55. The Labute approximate surface area is 130 Å². The summed E-state index contributed by atoms with van der Waals surface area (Å²) in [6, 6.07) is 4.42. The van der Waals surface area contributed by atoms with Crippen molar-refractivity contribution in [3.63, 3.8) is 0 Å². The highest BCUT2D eigenvalue weighted by Gasteiger charge is 2.39. The van der Waals surface area contributed by atoms with Crippen molar-refractivity contribution < 1.29 is 32.3 Å². The van der Waals surface area contributed by atoms with Crippen molar-refractivity contribution >= 4 is 17.7 Å². The first-order valence-corrected chi connectivity index (χ1v) is 6.81. The maximum atomic E-state index is 13.0. The van der Waals surface area contributed by atoms with Crippen LogP contribution in [0.3, 0.4) is 0 Å². The van der Waals surface area contributed by atoms with Crippen molar-refractivity contribution in [1.29, 1.82) is 0 Å². The second kappa shape index (κ2) is 6.39. The molecule has 0 spiro atoms. The number of hydrogen-bond acceptors (Lipinski definition) is 4. The van der Waals surface area contributed by atoms with Crippen molar-refractivity contribution in [1.82, 2.24) is 4.90 Å². The molecule has 0 aromatic heterocycles. The van der Waals surface area contributed by atoms with Crippen molar-refractivity contribution in [3.8, 4) is 0 Å². The Balaban J connectivity index is 2.28. The predicted molar refractivity (Wildman–Crippen MR) is 72.5 cm³/mol. The molecule has 0 aliphatic carbocycles. The zero-order valence-corrected chi connectivity index (χ0v) is 12.2. The van der Waals surface area contributed by atoms with Gasteiger partial charge in [-0.2, -0.15) is 13.2 Å². The normalized spacial score (nSPS) is 18.7. The Morgan fingerprint density at radius 2 is 1.91 bits per heavy atom. The Morgan fingerprint density at radius 1 is 1.26 bits per heavy atom. The fraction of sp³-hybridized carbons (Fsp3) is 0.400. The number of Topliss-reactive ketones (excluding diaryl/α,β-unsaturated/α-hetero) is 1. The van der Waals surface area contributed by atoms with Crippen molar-refractivity contribution in [2.24, 2.45) is 5.92 Å². The number of halogens is 3. The average molecular weight is 329 g/mol. The number of methoxy groups -OCH3 is 1. The number of amides is 1. The SMILES string of the molecule is COC(=O)C1CN(C(=O)c2ccccc2C(F)(F)F)CCC1=O. The van der Waals surface area contributed by atoms with E-state index in [-0.39, 0.29) is 25.3 Å². The Kier molecular flexibility index (Phi) is 4.72. The number of carbonyl (C=O) groups is 3. The van der Waals surface area contributed by atoms with E-state index < -0.39 is 35.1 Å². The first-order chi connectivity index (χ1) is 10.8. The summed E-state index contributed by atoms with van der Waals surface area (Å²) in [6.45, 7) is -0.312. The molecule has 0 N–H and O–H groups in total. The van der Waals surface area contributed by atoms with Crippen LogP contribution >= 0.6 is 0 Å². The van der Waals surface area contributed by atoms with Gasteiger partial charge in [0.05, 0.1) is 18.2 Å². The van der Waals surface area contributed by atoms with E-state index in [0.717, 1.165) is 24.1 Å². The minimum Gasteiger partial charge on any atom is -0.468 e. The monoisotopic (exact) mass is 329 g/mol. The number of likely N-dealkylation sites (tertiary alicyclic amines) is 1. The van der Waals surface area contributed by atoms with Crippen LogP contribution in [0.2, 0.25) is 0 Å². The number of benzene rings is 1. The molecule has 1 aromatic carbocycles. The van der Waals surface area contributed by atoms with Crippen molar-refractivity contribution in [2.45, 2.75) is 12.6 Å². The predicted octanol–water partition coefficient (Wildman–Crippen LogP) is 1.91. The number of nitrogens with zero attached hydrogens (tertiary/aromatic N) is 1. The van der Waals surface area contributed by atoms with Gasteiger partial charge >= 0.3 is 12.1 Å². The summed E-state index contributed by atoms with van der Waals surface area (Å²) in [5.74, 6) is -3.20. The zero-order chi connectivity index (χ0) is 17.2. The highest BCUT2D eigenvalue weighted by Crippen LogP contribution is 2.32. The number of alkyl halides is 3. The lowest BCUT2D eigenvalue weighted by Crippen LogP contribution is -2.47. The van der Waals surface area contributed by atoms with E-state index in [0.29, 0.717) is 0 Å². The summed E-state index contributed by atoms with van der Waals surface area (Å²) < 4.78 is 43.5. The lowest BCUT2D eigenvalue weighted by Gasteiger charge is -2.31. The molecule has 124 valence electrons.